The van der Waals surface area contributed by atoms with E-state index < -0.39 is 11.9 Å². The average Bonchev–Trinajstić information content (AvgIpc) is 2.57. The van der Waals surface area contributed by atoms with Crippen LogP contribution >= 0.6 is 0 Å². The van der Waals surface area contributed by atoms with E-state index in [9.17, 15) is 19.2 Å². The molecule has 0 aromatic heterocycles. The molecule has 0 aliphatic heterocycles. The van der Waals surface area contributed by atoms with E-state index in [0.717, 1.165) is 32.1 Å². The van der Waals surface area contributed by atoms with E-state index >= 15 is 0 Å². The molecular formula is C18H32N2O5. The highest BCUT2D eigenvalue weighted by Gasteiger charge is 2.22. The van der Waals surface area contributed by atoms with Gasteiger partial charge in [-0.2, -0.15) is 0 Å². The first kappa shape index (κ1) is 23.1. The highest BCUT2D eigenvalue weighted by molar-refractivity contribution is 5.92. The van der Waals surface area contributed by atoms with Crippen molar-refractivity contribution in [3.8, 4) is 0 Å². The third kappa shape index (κ3) is 13.1. The molecule has 0 heterocycles. The molecule has 7 nitrogen and oxygen atoms in total. The molecule has 7 heteroatoms. The van der Waals surface area contributed by atoms with Crippen LogP contribution in [0.1, 0.15) is 77.6 Å². The van der Waals surface area contributed by atoms with Crippen molar-refractivity contribution in [2.75, 3.05) is 7.11 Å². The number of amides is 2. The van der Waals surface area contributed by atoms with E-state index in [1.807, 2.05) is 0 Å². The van der Waals surface area contributed by atoms with Crippen molar-refractivity contribution in [2.45, 2.75) is 83.6 Å². The first-order valence-corrected chi connectivity index (χ1v) is 9.07. The zero-order valence-corrected chi connectivity index (χ0v) is 15.5. The van der Waals surface area contributed by atoms with Gasteiger partial charge in [0.15, 0.2) is 5.78 Å². The lowest BCUT2D eigenvalue weighted by atomic mass is 10.0. The van der Waals surface area contributed by atoms with Gasteiger partial charge in [-0.15, -0.1) is 0 Å². The van der Waals surface area contributed by atoms with Crippen molar-refractivity contribution in [1.82, 2.24) is 5.32 Å². The molecule has 144 valence electrons. The quantitative estimate of drug-likeness (QED) is 0.344. The molecule has 0 fully saturated rings. The molecule has 0 aromatic rings. The van der Waals surface area contributed by atoms with Gasteiger partial charge in [0, 0.05) is 19.3 Å². The topological polar surface area (TPSA) is 116 Å². The van der Waals surface area contributed by atoms with Gasteiger partial charge in [-0.05, 0) is 19.3 Å². The fraction of sp³-hybridized carbons (Fsp3) is 0.778. The van der Waals surface area contributed by atoms with Gasteiger partial charge >= 0.3 is 5.97 Å². The molecule has 0 rings (SSSR count). The predicted octanol–water partition coefficient (Wildman–Crippen LogP) is 2.01. The fourth-order valence-corrected chi connectivity index (χ4v) is 2.45. The van der Waals surface area contributed by atoms with Crippen LogP contribution in [0.2, 0.25) is 0 Å². The lowest BCUT2D eigenvalue weighted by Gasteiger charge is -2.16. The van der Waals surface area contributed by atoms with Crippen LogP contribution in [0, 0.1) is 0 Å². The number of methoxy groups -OCH3 is 1. The van der Waals surface area contributed by atoms with Crippen molar-refractivity contribution < 1.29 is 23.9 Å². The van der Waals surface area contributed by atoms with Gasteiger partial charge in [-0.1, -0.05) is 32.6 Å². The lowest BCUT2D eigenvalue weighted by molar-refractivity contribution is -0.140. The number of carbonyl (C=O) groups excluding carboxylic acids is 4. The monoisotopic (exact) mass is 356 g/mol. The van der Waals surface area contributed by atoms with E-state index in [-0.39, 0.29) is 36.9 Å². The molecular weight excluding hydrogens is 324 g/mol. The van der Waals surface area contributed by atoms with Crippen LogP contribution < -0.4 is 11.1 Å². The van der Waals surface area contributed by atoms with Crippen molar-refractivity contribution in [3.63, 3.8) is 0 Å². The van der Waals surface area contributed by atoms with Crippen LogP contribution in [0.4, 0.5) is 0 Å². The van der Waals surface area contributed by atoms with Gasteiger partial charge in [0.2, 0.25) is 11.8 Å². The summed E-state index contributed by atoms with van der Waals surface area (Å²) in [6.45, 7) is 2.12. The highest BCUT2D eigenvalue weighted by Crippen LogP contribution is 2.08. The normalized spacial score (nSPS) is 11.6. The number of carbonyl (C=O) groups is 4. The lowest BCUT2D eigenvalue weighted by Crippen LogP contribution is -2.43. The molecule has 25 heavy (non-hydrogen) atoms. The first-order valence-electron chi connectivity index (χ1n) is 9.07. The Morgan fingerprint density at radius 2 is 1.52 bits per heavy atom. The number of hydrogen-bond acceptors (Lipinski definition) is 5. The number of unbranched alkanes of at least 4 members (excludes halogenated alkanes) is 5. The second-order valence-electron chi connectivity index (χ2n) is 6.20. The van der Waals surface area contributed by atoms with Crippen LogP contribution in [0.3, 0.4) is 0 Å². The minimum atomic E-state index is -0.876. The number of ketones is 1. The summed E-state index contributed by atoms with van der Waals surface area (Å²) in [6.07, 6.45) is 6.71. The number of nitrogens with one attached hydrogen (secondary N) is 1. The second-order valence-corrected chi connectivity index (χ2v) is 6.20. The summed E-state index contributed by atoms with van der Waals surface area (Å²) in [5.41, 5.74) is 5.17. The molecule has 0 aromatic carbocycles. The summed E-state index contributed by atoms with van der Waals surface area (Å²) in [6, 6.07) is -0.876. The van der Waals surface area contributed by atoms with Gasteiger partial charge in [-0.25, -0.2) is 0 Å². The number of primary amides is 1. The standard InChI is InChI=1S/C18H32N2O5/c1-3-4-5-6-7-11-17(23)20-14(13-16(19)22)15(21)10-8-9-12-18(24)25-2/h14H,3-13H2,1-2H3,(H2,19,22)(H,20,23)/t14-/m1/s1. The smallest absolute Gasteiger partial charge is 0.305 e. The van der Waals surface area contributed by atoms with E-state index in [1.54, 1.807) is 0 Å². The third-order valence-corrected chi connectivity index (χ3v) is 3.92. The molecule has 0 unspecified atom stereocenters. The van der Waals surface area contributed by atoms with Crippen molar-refractivity contribution >= 4 is 23.6 Å². The molecule has 0 saturated heterocycles. The van der Waals surface area contributed by atoms with Crippen LogP contribution in [-0.4, -0.2) is 36.7 Å². The van der Waals surface area contributed by atoms with Crippen LogP contribution in [0.15, 0.2) is 0 Å². The Kier molecular flexibility index (Phi) is 13.3. The maximum atomic E-state index is 12.2. The predicted molar refractivity (Wildman–Crippen MR) is 94.6 cm³/mol. The molecule has 1 atom stereocenters. The zero-order chi connectivity index (χ0) is 19.1. The van der Waals surface area contributed by atoms with Gasteiger partial charge in [0.1, 0.15) is 0 Å². The molecule has 0 radical (unpaired) electrons. The summed E-state index contributed by atoms with van der Waals surface area (Å²) >= 11 is 0. The number of rotatable bonds is 15. The van der Waals surface area contributed by atoms with E-state index in [1.165, 1.54) is 7.11 Å². The van der Waals surface area contributed by atoms with Crippen LogP contribution in [0.5, 0.6) is 0 Å². The highest BCUT2D eigenvalue weighted by atomic mass is 16.5. The number of hydrogen-bond donors (Lipinski definition) is 2. The number of Topliss-reactive ketones (excluding diaryl/α,β-unsaturated/α-hetero) is 1. The molecule has 0 spiro atoms. The van der Waals surface area contributed by atoms with Gasteiger partial charge < -0.3 is 15.8 Å². The largest absolute Gasteiger partial charge is 0.469 e. The molecule has 0 saturated carbocycles. The Bertz CT molecular complexity index is 437. The number of esters is 1. The Hall–Kier alpha value is -1.92. The third-order valence-electron chi connectivity index (χ3n) is 3.92. The Morgan fingerprint density at radius 1 is 0.920 bits per heavy atom. The summed E-state index contributed by atoms with van der Waals surface area (Å²) in [5.74, 6) is -1.41. The summed E-state index contributed by atoms with van der Waals surface area (Å²) in [7, 11) is 1.31. The zero-order valence-electron chi connectivity index (χ0n) is 15.5. The molecule has 2 amide bonds. The SMILES string of the molecule is CCCCCCCC(=O)N[C@H](CC(N)=O)C(=O)CCCCC(=O)OC. The van der Waals surface area contributed by atoms with Crippen LogP contribution in [-0.2, 0) is 23.9 Å². The number of nitrogens with two attached hydrogens (primary N) is 1. The maximum Gasteiger partial charge on any atom is 0.305 e. The minimum absolute atomic E-state index is 0.186. The minimum Gasteiger partial charge on any atom is -0.469 e. The molecule has 3 N–H and O–H groups in total. The Labute approximate surface area is 150 Å². The first-order chi connectivity index (χ1) is 11.9. The molecule has 0 aliphatic carbocycles. The summed E-state index contributed by atoms with van der Waals surface area (Å²) in [4.78, 5) is 46.3. The summed E-state index contributed by atoms with van der Waals surface area (Å²) < 4.78 is 4.53. The van der Waals surface area contributed by atoms with Crippen molar-refractivity contribution in [3.05, 3.63) is 0 Å². The van der Waals surface area contributed by atoms with E-state index in [0.29, 0.717) is 19.3 Å². The summed E-state index contributed by atoms with van der Waals surface area (Å²) in [5, 5.41) is 2.62. The van der Waals surface area contributed by atoms with E-state index in [2.05, 4.69) is 17.0 Å². The van der Waals surface area contributed by atoms with Crippen molar-refractivity contribution in [2.24, 2.45) is 5.73 Å². The maximum absolute atomic E-state index is 12.2. The fourth-order valence-electron chi connectivity index (χ4n) is 2.45. The second kappa shape index (κ2) is 14.4. The average molecular weight is 356 g/mol. The Balaban J connectivity index is 4.24. The van der Waals surface area contributed by atoms with Crippen molar-refractivity contribution in [1.29, 1.82) is 0 Å². The Morgan fingerprint density at radius 3 is 2.12 bits per heavy atom. The van der Waals surface area contributed by atoms with Crippen LogP contribution in [0.25, 0.3) is 0 Å². The van der Waals surface area contributed by atoms with E-state index in [4.69, 9.17) is 5.73 Å². The molecule has 0 bridgehead atoms. The van der Waals surface area contributed by atoms with Gasteiger partial charge in [0.05, 0.1) is 19.6 Å². The van der Waals surface area contributed by atoms with Gasteiger partial charge in [-0.3, -0.25) is 19.2 Å². The molecule has 0 aliphatic rings. The van der Waals surface area contributed by atoms with Gasteiger partial charge in [0.25, 0.3) is 0 Å². The number of ether oxygens (including phenoxy) is 1.